The minimum absolute atomic E-state index is 0.0479. The van der Waals surface area contributed by atoms with Crippen LogP contribution < -0.4 is 16.0 Å². The maximum Gasteiger partial charge on any atom is 0.227 e. The molecule has 1 atom stereocenters. The molecule has 1 aliphatic carbocycles. The maximum atomic E-state index is 12.3. The minimum atomic E-state index is 0.0479. The van der Waals surface area contributed by atoms with Crippen LogP contribution in [0.2, 0.25) is 0 Å². The van der Waals surface area contributed by atoms with E-state index in [1.807, 2.05) is 24.3 Å². The molecule has 1 saturated heterocycles. The van der Waals surface area contributed by atoms with Crippen molar-refractivity contribution in [2.24, 2.45) is 17.8 Å². The molecule has 3 rings (SSSR count). The van der Waals surface area contributed by atoms with Gasteiger partial charge in [0, 0.05) is 23.7 Å². The van der Waals surface area contributed by atoms with Gasteiger partial charge in [0.05, 0.1) is 0 Å². The molecule has 0 radical (unpaired) electrons. The quantitative estimate of drug-likeness (QED) is 0.751. The number of amides is 2. The smallest absolute Gasteiger partial charge is 0.227 e. The highest BCUT2D eigenvalue weighted by molar-refractivity contribution is 5.95. The molecule has 2 amide bonds. The molecular weight excluding hydrogens is 302 g/mol. The van der Waals surface area contributed by atoms with E-state index in [-0.39, 0.29) is 17.7 Å². The van der Waals surface area contributed by atoms with Gasteiger partial charge in [-0.05, 0) is 68.8 Å². The van der Waals surface area contributed by atoms with Crippen LogP contribution in [-0.4, -0.2) is 24.9 Å². The summed E-state index contributed by atoms with van der Waals surface area (Å²) in [4.78, 5) is 24.1. The molecular formula is C19H27N3O2. The molecule has 2 fully saturated rings. The molecule has 1 unspecified atom stereocenters. The lowest BCUT2D eigenvalue weighted by atomic mass is 9.84. The Morgan fingerprint density at radius 2 is 1.79 bits per heavy atom. The van der Waals surface area contributed by atoms with E-state index in [1.165, 1.54) is 0 Å². The zero-order valence-electron chi connectivity index (χ0n) is 14.3. The van der Waals surface area contributed by atoms with E-state index < -0.39 is 0 Å². The molecule has 3 N–H and O–H groups in total. The number of hydrogen-bond donors (Lipinski definition) is 3. The lowest BCUT2D eigenvalue weighted by Gasteiger charge is -2.27. The molecule has 1 aromatic carbocycles. The fraction of sp³-hybridized carbons (Fsp3) is 0.579. The maximum absolute atomic E-state index is 12.3. The Balaban J connectivity index is 1.50. The number of nitrogens with one attached hydrogen (secondary N) is 3. The predicted octanol–water partition coefficient (Wildman–Crippen LogP) is 3.00. The van der Waals surface area contributed by atoms with Gasteiger partial charge in [-0.1, -0.05) is 13.0 Å². The van der Waals surface area contributed by atoms with Crippen molar-refractivity contribution in [3.8, 4) is 0 Å². The first kappa shape index (κ1) is 17.0. The van der Waals surface area contributed by atoms with Gasteiger partial charge in [-0.3, -0.25) is 9.59 Å². The first-order chi connectivity index (χ1) is 11.6. The van der Waals surface area contributed by atoms with E-state index in [2.05, 4.69) is 22.9 Å². The highest BCUT2D eigenvalue weighted by atomic mass is 16.2. The van der Waals surface area contributed by atoms with Crippen molar-refractivity contribution >= 4 is 23.2 Å². The highest BCUT2D eigenvalue weighted by Crippen LogP contribution is 2.30. The Morgan fingerprint density at radius 1 is 1.12 bits per heavy atom. The van der Waals surface area contributed by atoms with Crippen LogP contribution in [0.15, 0.2) is 24.3 Å². The van der Waals surface area contributed by atoms with Crippen LogP contribution in [0.25, 0.3) is 0 Å². The molecule has 2 aliphatic rings. The highest BCUT2D eigenvalue weighted by Gasteiger charge is 2.29. The Kier molecular flexibility index (Phi) is 5.51. The Hall–Kier alpha value is -1.88. The molecule has 1 heterocycles. The average molecular weight is 329 g/mol. The molecule has 5 heteroatoms. The molecule has 1 aliphatic heterocycles. The third-order valence-corrected chi connectivity index (χ3v) is 5.06. The second-order valence-corrected chi connectivity index (χ2v) is 7.16. The van der Waals surface area contributed by atoms with Crippen LogP contribution in [-0.2, 0) is 9.59 Å². The summed E-state index contributed by atoms with van der Waals surface area (Å²) in [6.45, 7) is 4.28. The molecule has 5 nitrogen and oxygen atoms in total. The van der Waals surface area contributed by atoms with Gasteiger partial charge in [-0.2, -0.15) is 0 Å². The van der Waals surface area contributed by atoms with Crippen molar-refractivity contribution in [3.05, 3.63) is 24.3 Å². The van der Waals surface area contributed by atoms with Crippen LogP contribution >= 0.6 is 0 Å². The second kappa shape index (κ2) is 7.79. The lowest BCUT2D eigenvalue weighted by Crippen LogP contribution is -2.32. The number of carbonyl (C=O) groups excluding carboxylic acids is 2. The first-order valence-corrected chi connectivity index (χ1v) is 9.03. The zero-order chi connectivity index (χ0) is 16.9. The summed E-state index contributed by atoms with van der Waals surface area (Å²) in [5.74, 6) is 1.32. The summed E-state index contributed by atoms with van der Waals surface area (Å²) >= 11 is 0. The number of piperidine rings is 1. The van der Waals surface area contributed by atoms with E-state index in [4.69, 9.17) is 0 Å². The van der Waals surface area contributed by atoms with Gasteiger partial charge >= 0.3 is 0 Å². The van der Waals surface area contributed by atoms with Gasteiger partial charge in [0.15, 0.2) is 0 Å². The third kappa shape index (κ3) is 4.81. The van der Waals surface area contributed by atoms with Crippen LogP contribution in [0, 0.1) is 17.8 Å². The number of benzene rings is 1. The van der Waals surface area contributed by atoms with E-state index in [9.17, 15) is 9.59 Å². The lowest BCUT2D eigenvalue weighted by molar-refractivity contribution is -0.118. The summed E-state index contributed by atoms with van der Waals surface area (Å²) in [6, 6.07) is 7.40. The number of rotatable bonds is 6. The van der Waals surface area contributed by atoms with Crippen LogP contribution in [0.5, 0.6) is 0 Å². The number of hydrogen-bond acceptors (Lipinski definition) is 3. The Morgan fingerprint density at radius 3 is 2.46 bits per heavy atom. The van der Waals surface area contributed by atoms with Gasteiger partial charge in [-0.15, -0.1) is 0 Å². The standard InChI is InChI=1S/C19H27N3O2/c1-13(14-7-9-20-10-8-14)11-18(23)21-16-3-2-4-17(12-16)22-19(24)15-5-6-15/h2-4,12-15,20H,5-11H2,1H3,(H,21,23)(H,22,24). The van der Waals surface area contributed by atoms with Crippen LogP contribution in [0.4, 0.5) is 11.4 Å². The van der Waals surface area contributed by atoms with E-state index in [1.54, 1.807) is 0 Å². The topological polar surface area (TPSA) is 70.2 Å². The van der Waals surface area contributed by atoms with Gasteiger partial charge in [-0.25, -0.2) is 0 Å². The van der Waals surface area contributed by atoms with Gasteiger partial charge in [0.25, 0.3) is 0 Å². The third-order valence-electron chi connectivity index (χ3n) is 5.06. The van der Waals surface area contributed by atoms with Crippen molar-refractivity contribution in [1.82, 2.24) is 5.32 Å². The molecule has 0 spiro atoms. The summed E-state index contributed by atoms with van der Waals surface area (Å²) in [6.07, 6.45) is 4.81. The second-order valence-electron chi connectivity index (χ2n) is 7.16. The number of anilines is 2. The normalized spacial score (nSPS) is 19.5. The fourth-order valence-corrected chi connectivity index (χ4v) is 3.35. The average Bonchev–Trinajstić information content (AvgIpc) is 3.41. The van der Waals surface area contributed by atoms with Crippen LogP contribution in [0.3, 0.4) is 0 Å². The largest absolute Gasteiger partial charge is 0.326 e. The summed E-state index contributed by atoms with van der Waals surface area (Å²) in [5.41, 5.74) is 1.49. The van der Waals surface area contributed by atoms with Crippen molar-refractivity contribution in [2.45, 2.75) is 39.0 Å². The van der Waals surface area contributed by atoms with Crippen molar-refractivity contribution in [1.29, 1.82) is 0 Å². The Labute approximate surface area is 143 Å². The molecule has 1 aromatic rings. The minimum Gasteiger partial charge on any atom is -0.326 e. The summed E-state index contributed by atoms with van der Waals surface area (Å²) in [5, 5.41) is 9.24. The van der Waals surface area contributed by atoms with Crippen molar-refractivity contribution in [3.63, 3.8) is 0 Å². The molecule has 130 valence electrons. The fourth-order valence-electron chi connectivity index (χ4n) is 3.35. The van der Waals surface area contributed by atoms with Crippen molar-refractivity contribution < 1.29 is 9.59 Å². The predicted molar refractivity (Wildman–Crippen MR) is 95.8 cm³/mol. The first-order valence-electron chi connectivity index (χ1n) is 9.03. The van der Waals surface area contributed by atoms with Crippen molar-refractivity contribution in [2.75, 3.05) is 23.7 Å². The van der Waals surface area contributed by atoms with Gasteiger partial charge < -0.3 is 16.0 Å². The van der Waals surface area contributed by atoms with Crippen LogP contribution in [0.1, 0.15) is 39.0 Å². The van der Waals surface area contributed by atoms with Gasteiger partial charge in [0.1, 0.15) is 0 Å². The number of carbonyl (C=O) groups is 2. The molecule has 0 bridgehead atoms. The van der Waals surface area contributed by atoms with E-state index >= 15 is 0 Å². The molecule has 1 saturated carbocycles. The van der Waals surface area contributed by atoms with Gasteiger partial charge in [0.2, 0.25) is 11.8 Å². The van der Waals surface area contributed by atoms with E-state index in [0.717, 1.165) is 50.1 Å². The molecule has 0 aromatic heterocycles. The summed E-state index contributed by atoms with van der Waals surface area (Å²) in [7, 11) is 0. The zero-order valence-corrected chi connectivity index (χ0v) is 14.3. The summed E-state index contributed by atoms with van der Waals surface area (Å²) < 4.78 is 0. The monoisotopic (exact) mass is 329 g/mol. The SMILES string of the molecule is CC(CC(=O)Nc1cccc(NC(=O)C2CC2)c1)C1CCNCC1. The molecule has 24 heavy (non-hydrogen) atoms. The Bertz CT molecular complexity index is 592. The van der Waals surface area contributed by atoms with E-state index in [0.29, 0.717) is 18.3 Å².